The van der Waals surface area contributed by atoms with Crippen molar-refractivity contribution in [2.24, 2.45) is 0 Å². The Morgan fingerprint density at radius 2 is 2.00 bits per heavy atom. The van der Waals surface area contributed by atoms with Gasteiger partial charge < -0.3 is 5.32 Å². The molecule has 0 radical (unpaired) electrons. The molecule has 4 heteroatoms. The average molecular weight is 334 g/mol. The minimum Gasteiger partial charge on any atom is -0.335 e. The van der Waals surface area contributed by atoms with E-state index in [-0.39, 0.29) is 24.0 Å². The maximum atomic E-state index is 7.53. The summed E-state index contributed by atoms with van der Waals surface area (Å²) in [6.07, 6.45) is 1.87. The maximum absolute atomic E-state index is 7.53. The first-order valence-corrected chi connectivity index (χ1v) is 5.52. The number of anilines is 1. The molecule has 1 rings (SSSR count). The van der Waals surface area contributed by atoms with E-state index >= 15 is 0 Å². The maximum Gasteiger partial charge on any atom is 0.157 e. The molecule has 0 saturated carbocycles. The highest BCUT2D eigenvalue weighted by molar-refractivity contribution is 14.0. The Bertz CT molecular complexity index is 363. The quantitative estimate of drug-likeness (QED) is 0.486. The van der Waals surface area contributed by atoms with Crippen molar-refractivity contribution in [3.63, 3.8) is 0 Å². The standard InChI is InChI=1S/C11H14N2S.HI/c1-8(2)9-6-4-5-7-10(9)13-11(12)14-3;/h4-7H,1H2,2-3H3,(H2,12,13);1H. The summed E-state index contributed by atoms with van der Waals surface area (Å²) < 4.78 is 0. The summed E-state index contributed by atoms with van der Waals surface area (Å²) in [5.74, 6) is 0. The van der Waals surface area contributed by atoms with Crippen LogP contribution in [0.4, 0.5) is 5.69 Å². The second-order valence-electron chi connectivity index (χ2n) is 2.98. The van der Waals surface area contributed by atoms with Gasteiger partial charge in [0.25, 0.3) is 0 Å². The fourth-order valence-corrected chi connectivity index (χ4v) is 1.35. The first-order chi connectivity index (χ1) is 6.65. The Kier molecular flexibility index (Phi) is 6.67. The van der Waals surface area contributed by atoms with Crippen LogP contribution in [0.2, 0.25) is 0 Å². The fourth-order valence-electron chi connectivity index (χ4n) is 1.14. The van der Waals surface area contributed by atoms with E-state index in [4.69, 9.17) is 5.41 Å². The van der Waals surface area contributed by atoms with E-state index in [1.165, 1.54) is 11.8 Å². The predicted molar refractivity (Wildman–Crippen MR) is 81.4 cm³/mol. The van der Waals surface area contributed by atoms with Crippen molar-refractivity contribution in [3.05, 3.63) is 36.4 Å². The van der Waals surface area contributed by atoms with Crippen LogP contribution in [0.3, 0.4) is 0 Å². The molecule has 0 aliphatic carbocycles. The van der Waals surface area contributed by atoms with Crippen LogP contribution in [0.15, 0.2) is 30.8 Å². The van der Waals surface area contributed by atoms with Crippen molar-refractivity contribution in [2.75, 3.05) is 11.6 Å². The van der Waals surface area contributed by atoms with Gasteiger partial charge >= 0.3 is 0 Å². The zero-order valence-electron chi connectivity index (χ0n) is 8.83. The Morgan fingerprint density at radius 1 is 1.40 bits per heavy atom. The lowest BCUT2D eigenvalue weighted by atomic mass is 10.1. The normalized spacial score (nSPS) is 8.93. The average Bonchev–Trinajstić information content (AvgIpc) is 2.18. The van der Waals surface area contributed by atoms with Crippen LogP contribution in [0, 0.1) is 5.41 Å². The third-order valence-corrected chi connectivity index (χ3v) is 2.35. The van der Waals surface area contributed by atoms with E-state index in [2.05, 4.69) is 11.9 Å². The van der Waals surface area contributed by atoms with Gasteiger partial charge in [0.2, 0.25) is 0 Å². The summed E-state index contributed by atoms with van der Waals surface area (Å²) in [4.78, 5) is 0. The molecule has 0 spiro atoms. The number of amidine groups is 1. The number of allylic oxidation sites excluding steroid dienone is 1. The fraction of sp³-hybridized carbons (Fsp3) is 0.182. The highest BCUT2D eigenvalue weighted by atomic mass is 127. The second kappa shape index (κ2) is 6.90. The molecule has 1 aromatic carbocycles. The van der Waals surface area contributed by atoms with Gasteiger partial charge in [0.05, 0.1) is 0 Å². The van der Waals surface area contributed by atoms with Crippen molar-refractivity contribution in [1.29, 1.82) is 5.41 Å². The number of thioether (sulfide) groups is 1. The zero-order valence-corrected chi connectivity index (χ0v) is 12.0. The van der Waals surface area contributed by atoms with E-state index in [1.54, 1.807) is 0 Å². The number of hydrogen-bond acceptors (Lipinski definition) is 2. The molecule has 0 heterocycles. The Labute approximate surface area is 112 Å². The van der Waals surface area contributed by atoms with Crippen LogP contribution in [-0.2, 0) is 0 Å². The van der Waals surface area contributed by atoms with Gasteiger partial charge in [0.1, 0.15) is 0 Å². The Morgan fingerprint density at radius 3 is 2.53 bits per heavy atom. The molecule has 15 heavy (non-hydrogen) atoms. The van der Waals surface area contributed by atoms with Gasteiger partial charge in [-0.2, -0.15) is 0 Å². The van der Waals surface area contributed by atoms with Crippen LogP contribution < -0.4 is 5.32 Å². The first kappa shape index (κ1) is 14.5. The second-order valence-corrected chi connectivity index (χ2v) is 3.80. The molecular weight excluding hydrogens is 319 g/mol. The van der Waals surface area contributed by atoms with Gasteiger partial charge in [-0.15, -0.1) is 24.0 Å². The van der Waals surface area contributed by atoms with Gasteiger partial charge in [-0.25, -0.2) is 0 Å². The molecule has 2 nitrogen and oxygen atoms in total. The molecule has 0 aliphatic rings. The summed E-state index contributed by atoms with van der Waals surface area (Å²) in [6.45, 7) is 5.86. The molecule has 82 valence electrons. The van der Waals surface area contributed by atoms with Crippen LogP contribution in [0.1, 0.15) is 12.5 Å². The smallest absolute Gasteiger partial charge is 0.157 e. The highest BCUT2D eigenvalue weighted by Gasteiger charge is 2.02. The zero-order chi connectivity index (χ0) is 10.6. The van der Waals surface area contributed by atoms with Crippen LogP contribution in [-0.4, -0.2) is 11.4 Å². The SMILES string of the molecule is C=C(C)c1ccccc1NC(=N)SC.I. The van der Waals surface area contributed by atoms with Gasteiger partial charge in [-0.05, 0) is 24.8 Å². The van der Waals surface area contributed by atoms with Gasteiger partial charge in [0.15, 0.2) is 5.17 Å². The number of halogens is 1. The van der Waals surface area contributed by atoms with E-state index in [9.17, 15) is 0 Å². The lowest BCUT2D eigenvalue weighted by molar-refractivity contribution is 1.49. The van der Waals surface area contributed by atoms with Crippen molar-refractivity contribution in [3.8, 4) is 0 Å². The van der Waals surface area contributed by atoms with Crippen molar-refractivity contribution < 1.29 is 0 Å². The Hall–Kier alpha value is -0.490. The van der Waals surface area contributed by atoms with Crippen molar-refractivity contribution in [1.82, 2.24) is 0 Å². The molecular formula is C11H15IN2S. The van der Waals surface area contributed by atoms with Gasteiger partial charge in [-0.3, -0.25) is 5.41 Å². The molecule has 0 aromatic heterocycles. The lowest BCUT2D eigenvalue weighted by Gasteiger charge is -2.10. The molecule has 0 bridgehead atoms. The third kappa shape index (κ3) is 4.25. The molecule has 0 saturated heterocycles. The number of rotatable bonds is 2. The molecule has 0 amide bonds. The molecule has 2 N–H and O–H groups in total. The Balaban J connectivity index is 0.00000196. The van der Waals surface area contributed by atoms with Crippen molar-refractivity contribution in [2.45, 2.75) is 6.92 Å². The molecule has 0 fully saturated rings. The molecule has 0 atom stereocenters. The molecule has 0 aliphatic heterocycles. The summed E-state index contributed by atoms with van der Waals surface area (Å²) in [7, 11) is 0. The lowest BCUT2D eigenvalue weighted by Crippen LogP contribution is -2.06. The molecule has 0 unspecified atom stereocenters. The summed E-state index contributed by atoms with van der Waals surface area (Å²) >= 11 is 1.38. The topological polar surface area (TPSA) is 35.9 Å². The van der Waals surface area contributed by atoms with E-state index in [0.29, 0.717) is 5.17 Å². The van der Waals surface area contributed by atoms with Crippen molar-refractivity contribution >= 4 is 52.2 Å². The van der Waals surface area contributed by atoms with E-state index in [1.807, 2.05) is 37.4 Å². The monoisotopic (exact) mass is 334 g/mol. The predicted octanol–water partition coefficient (Wildman–Crippen LogP) is 4.05. The number of benzene rings is 1. The van der Waals surface area contributed by atoms with Crippen LogP contribution in [0.25, 0.3) is 5.57 Å². The third-order valence-electron chi connectivity index (χ3n) is 1.84. The van der Waals surface area contributed by atoms with E-state index < -0.39 is 0 Å². The van der Waals surface area contributed by atoms with Crippen LogP contribution in [0.5, 0.6) is 0 Å². The van der Waals surface area contributed by atoms with E-state index in [0.717, 1.165) is 16.8 Å². The number of hydrogen-bond donors (Lipinski definition) is 2. The minimum absolute atomic E-state index is 0. The summed E-state index contributed by atoms with van der Waals surface area (Å²) in [6, 6.07) is 7.87. The molecule has 1 aromatic rings. The largest absolute Gasteiger partial charge is 0.335 e. The van der Waals surface area contributed by atoms with Gasteiger partial charge in [0, 0.05) is 11.3 Å². The number of para-hydroxylation sites is 1. The minimum atomic E-state index is 0. The summed E-state index contributed by atoms with van der Waals surface area (Å²) in [5, 5.41) is 11.0. The summed E-state index contributed by atoms with van der Waals surface area (Å²) in [5.41, 5.74) is 3.01. The van der Waals surface area contributed by atoms with Gasteiger partial charge in [-0.1, -0.05) is 36.5 Å². The first-order valence-electron chi connectivity index (χ1n) is 4.29. The number of nitrogens with one attached hydrogen (secondary N) is 2. The highest BCUT2D eigenvalue weighted by Crippen LogP contribution is 2.22. The van der Waals surface area contributed by atoms with Crippen LogP contribution >= 0.6 is 35.7 Å².